The molecule has 2 aromatic carbocycles. The van der Waals surface area contributed by atoms with E-state index in [1.54, 1.807) is 37.4 Å². The number of fused-ring (bicyclic) bond motifs is 1. The summed E-state index contributed by atoms with van der Waals surface area (Å²) in [6, 6.07) is 14.8. The number of rotatable bonds is 5. The summed E-state index contributed by atoms with van der Waals surface area (Å²) in [5.41, 5.74) is 1.51. The first-order chi connectivity index (χ1) is 18.0. The molecule has 0 amide bonds. The molecule has 3 heterocycles. The maximum absolute atomic E-state index is 13.7. The lowest BCUT2D eigenvalue weighted by molar-refractivity contribution is -0.137. The van der Waals surface area contributed by atoms with Gasteiger partial charge in [-0.15, -0.1) is 5.10 Å². The average Bonchev–Trinajstić information content (AvgIpc) is 2.88. The maximum Gasteiger partial charge on any atom is 0.416 e. The van der Waals surface area contributed by atoms with Crippen LogP contribution in [0.3, 0.4) is 0 Å². The van der Waals surface area contributed by atoms with Crippen molar-refractivity contribution in [3.63, 3.8) is 0 Å². The SMILES string of the molecule is Cc1ccc(-c2cc(C(F)(F)F)ccc2[C@]2(C)CCOc3cc(S(=O)(=O)Nc4cccnn4)ccc32)cn1. The molecule has 7 nitrogen and oxygen atoms in total. The molecule has 4 aromatic rings. The van der Waals surface area contributed by atoms with Crippen molar-refractivity contribution in [3.8, 4) is 16.9 Å². The van der Waals surface area contributed by atoms with Crippen molar-refractivity contribution in [1.29, 1.82) is 0 Å². The van der Waals surface area contributed by atoms with Gasteiger partial charge in [-0.05, 0) is 60.9 Å². The van der Waals surface area contributed by atoms with E-state index in [0.29, 0.717) is 34.4 Å². The Labute approximate surface area is 217 Å². The summed E-state index contributed by atoms with van der Waals surface area (Å²) in [4.78, 5) is 4.24. The number of aryl methyl sites for hydroxylation is 1. The fourth-order valence-corrected chi connectivity index (χ4v) is 5.66. The van der Waals surface area contributed by atoms with Crippen LogP contribution >= 0.6 is 0 Å². The number of sulfonamides is 1. The van der Waals surface area contributed by atoms with Crippen molar-refractivity contribution >= 4 is 15.8 Å². The van der Waals surface area contributed by atoms with Gasteiger partial charge in [0.1, 0.15) is 5.75 Å². The Kier molecular flexibility index (Phi) is 6.34. The molecule has 5 rings (SSSR count). The first-order valence-corrected chi connectivity index (χ1v) is 13.2. The quantitative estimate of drug-likeness (QED) is 0.346. The Bertz CT molecular complexity index is 1590. The van der Waals surface area contributed by atoms with Crippen LogP contribution < -0.4 is 9.46 Å². The van der Waals surface area contributed by atoms with E-state index in [9.17, 15) is 21.6 Å². The molecule has 1 N–H and O–H groups in total. The molecule has 0 saturated heterocycles. The van der Waals surface area contributed by atoms with Gasteiger partial charge in [-0.3, -0.25) is 9.71 Å². The molecule has 0 saturated carbocycles. The molecule has 2 aromatic heterocycles. The molecule has 0 spiro atoms. The van der Waals surface area contributed by atoms with Crippen molar-refractivity contribution in [2.75, 3.05) is 11.3 Å². The van der Waals surface area contributed by atoms with E-state index in [0.717, 1.165) is 17.8 Å². The molecule has 1 aliphatic heterocycles. The number of benzene rings is 2. The van der Waals surface area contributed by atoms with Crippen LogP contribution in [0, 0.1) is 6.92 Å². The Morgan fingerprint density at radius 3 is 2.50 bits per heavy atom. The minimum Gasteiger partial charge on any atom is -0.493 e. The van der Waals surface area contributed by atoms with Crippen LogP contribution in [-0.4, -0.2) is 30.2 Å². The van der Waals surface area contributed by atoms with Crippen LogP contribution in [0.15, 0.2) is 78.0 Å². The predicted octanol–water partition coefficient (Wildman–Crippen LogP) is 5.76. The second kappa shape index (κ2) is 9.39. The second-order valence-electron chi connectivity index (χ2n) is 9.25. The molecule has 0 radical (unpaired) electrons. The zero-order valence-electron chi connectivity index (χ0n) is 20.5. The van der Waals surface area contributed by atoms with Crippen LogP contribution in [0.2, 0.25) is 0 Å². The van der Waals surface area contributed by atoms with Gasteiger partial charge in [0.25, 0.3) is 10.0 Å². The summed E-state index contributed by atoms with van der Waals surface area (Å²) in [6.07, 6.45) is -1.06. The fraction of sp³-hybridized carbons (Fsp3) is 0.222. The van der Waals surface area contributed by atoms with Crippen molar-refractivity contribution in [1.82, 2.24) is 15.2 Å². The zero-order valence-corrected chi connectivity index (χ0v) is 21.3. The van der Waals surface area contributed by atoms with Crippen molar-refractivity contribution < 1.29 is 26.3 Å². The number of halogens is 3. The zero-order chi connectivity index (χ0) is 27.1. The third-order valence-corrected chi connectivity index (χ3v) is 8.04. The Morgan fingerprint density at radius 1 is 1.03 bits per heavy atom. The van der Waals surface area contributed by atoms with Gasteiger partial charge in [0.15, 0.2) is 5.82 Å². The Balaban J connectivity index is 1.61. The highest BCUT2D eigenvalue weighted by molar-refractivity contribution is 7.92. The minimum atomic E-state index is -4.51. The number of hydrogen-bond acceptors (Lipinski definition) is 6. The summed E-state index contributed by atoms with van der Waals surface area (Å²) in [5.74, 6) is 0.408. The molecule has 11 heteroatoms. The summed E-state index contributed by atoms with van der Waals surface area (Å²) in [6.45, 7) is 3.98. The van der Waals surface area contributed by atoms with E-state index in [1.165, 1.54) is 30.5 Å². The molecule has 38 heavy (non-hydrogen) atoms. The number of pyridine rings is 1. The second-order valence-corrected chi connectivity index (χ2v) is 10.9. The molecule has 0 fully saturated rings. The summed E-state index contributed by atoms with van der Waals surface area (Å²) >= 11 is 0. The largest absolute Gasteiger partial charge is 0.493 e. The van der Waals surface area contributed by atoms with Crippen molar-refractivity contribution in [3.05, 3.63) is 95.4 Å². The molecule has 0 bridgehead atoms. The highest BCUT2D eigenvalue weighted by Crippen LogP contribution is 2.48. The third kappa shape index (κ3) is 4.81. The Morgan fingerprint density at radius 2 is 1.82 bits per heavy atom. The fourth-order valence-electron chi connectivity index (χ4n) is 4.64. The van der Waals surface area contributed by atoms with Crippen LogP contribution in [0.1, 0.15) is 35.7 Å². The van der Waals surface area contributed by atoms with E-state index >= 15 is 0 Å². The molecule has 1 atom stereocenters. The number of nitrogens with one attached hydrogen (secondary N) is 1. The standard InChI is InChI=1S/C27H23F3N4O3S/c1-17-5-6-18(16-31-17)21-14-19(27(28,29)30)7-9-22(21)26(2)11-13-37-24-15-20(8-10-23(24)26)38(35,36)34-25-4-3-12-32-33-25/h3-10,12,14-16H,11,13H2,1-2H3,(H,33,34)/t26-/m0/s1. The smallest absolute Gasteiger partial charge is 0.416 e. The predicted molar refractivity (Wildman–Crippen MR) is 135 cm³/mol. The van der Waals surface area contributed by atoms with Crippen LogP contribution in [0.5, 0.6) is 5.75 Å². The molecular weight excluding hydrogens is 517 g/mol. The third-order valence-electron chi connectivity index (χ3n) is 6.69. The normalized spacial score (nSPS) is 17.4. The molecule has 196 valence electrons. The van der Waals surface area contributed by atoms with Gasteiger partial charge in [0.2, 0.25) is 0 Å². The average molecular weight is 541 g/mol. The lowest BCUT2D eigenvalue weighted by Gasteiger charge is -2.38. The van der Waals surface area contributed by atoms with Gasteiger partial charge in [-0.2, -0.15) is 18.3 Å². The van der Waals surface area contributed by atoms with Gasteiger partial charge < -0.3 is 4.74 Å². The number of ether oxygens (including phenoxy) is 1. The highest BCUT2D eigenvalue weighted by atomic mass is 32.2. The molecular formula is C27H23F3N4O3S. The lowest BCUT2D eigenvalue weighted by Crippen LogP contribution is -2.32. The van der Waals surface area contributed by atoms with E-state index in [1.807, 2.05) is 6.92 Å². The molecule has 0 aliphatic carbocycles. The number of aromatic nitrogens is 3. The minimum absolute atomic E-state index is 0.0402. The van der Waals surface area contributed by atoms with E-state index in [-0.39, 0.29) is 17.3 Å². The monoisotopic (exact) mass is 540 g/mol. The van der Waals surface area contributed by atoms with E-state index in [2.05, 4.69) is 19.9 Å². The number of anilines is 1. The molecule has 0 unspecified atom stereocenters. The summed E-state index contributed by atoms with van der Waals surface area (Å²) in [5, 5.41) is 7.42. The number of alkyl halides is 3. The van der Waals surface area contributed by atoms with Gasteiger partial charge in [-0.25, -0.2) is 8.42 Å². The van der Waals surface area contributed by atoms with Crippen LogP contribution in [0.4, 0.5) is 19.0 Å². The molecule has 1 aliphatic rings. The Hall–Kier alpha value is -3.99. The summed E-state index contributed by atoms with van der Waals surface area (Å²) < 4.78 is 75.2. The maximum atomic E-state index is 13.7. The van der Waals surface area contributed by atoms with Crippen molar-refractivity contribution in [2.45, 2.75) is 36.8 Å². The topological polar surface area (TPSA) is 94.1 Å². The first kappa shape index (κ1) is 25.7. The van der Waals surface area contributed by atoms with Gasteiger partial charge in [-0.1, -0.05) is 25.1 Å². The van der Waals surface area contributed by atoms with Gasteiger partial charge >= 0.3 is 6.18 Å². The summed E-state index contributed by atoms with van der Waals surface area (Å²) in [7, 11) is -3.99. The highest BCUT2D eigenvalue weighted by Gasteiger charge is 2.39. The van der Waals surface area contributed by atoms with Crippen molar-refractivity contribution in [2.24, 2.45) is 0 Å². The van der Waals surface area contributed by atoms with Crippen LogP contribution in [-0.2, 0) is 21.6 Å². The van der Waals surface area contributed by atoms with E-state index < -0.39 is 27.2 Å². The lowest BCUT2D eigenvalue weighted by atomic mass is 9.70. The van der Waals surface area contributed by atoms with E-state index in [4.69, 9.17) is 4.74 Å². The number of nitrogens with zero attached hydrogens (tertiary/aromatic N) is 3. The van der Waals surface area contributed by atoms with Crippen LogP contribution in [0.25, 0.3) is 11.1 Å². The van der Waals surface area contributed by atoms with Gasteiger partial charge in [0, 0.05) is 40.7 Å². The number of hydrogen-bond donors (Lipinski definition) is 1. The first-order valence-electron chi connectivity index (χ1n) is 11.7. The van der Waals surface area contributed by atoms with Gasteiger partial charge in [0.05, 0.1) is 17.1 Å².